The van der Waals surface area contributed by atoms with Gasteiger partial charge in [0.15, 0.2) is 5.75 Å². The van der Waals surface area contributed by atoms with Crippen molar-refractivity contribution in [2.75, 3.05) is 38.1 Å². The number of likely N-dealkylation sites (tertiary alicyclic amines) is 1. The highest BCUT2D eigenvalue weighted by Crippen LogP contribution is 2.31. The summed E-state index contributed by atoms with van der Waals surface area (Å²) in [6.07, 6.45) is 5.27. The lowest BCUT2D eigenvalue weighted by Gasteiger charge is -2.39. The van der Waals surface area contributed by atoms with Crippen LogP contribution in [-0.2, 0) is 6.54 Å². The standard InChI is InChI=1S/C22H29N5.C8H10N4O/c1-25-15-20-9-10-21(16-25)27(20)14-18-6-11-22(24-23-18)17-4-7-19(8-5-17)26-12-2-3-13-26;1-4-7(13)5(2)12-8(9-4)10-6(3)11-12/h4-8,11,20-21H,2-3,9-10,12-16H2,1H3;13H,1-3H3. The number of piperazine rings is 1. The first-order valence-electron chi connectivity index (χ1n) is 14.4. The van der Waals surface area contributed by atoms with Gasteiger partial charge < -0.3 is 14.9 Å². The summed E-state index contributed by atoms with van der Waals surface area (Å²) in [6, 6.07) is 14.5. The number of nitrogens with zero attached hydrogens (tertiary/aromatic N) is 9. The van der Waals surface area contributed by atoms with Gasteiger partial charge in [0.2, 0.25) is 0 Å². The molecule has 0 spiro atoms. The van der Waals surface area contributed by atoms with Gasteiger partial charge in [-0.3, -0.25) is 4.90 Å². The SMILES string of the molecule is CN1CC2CCC(C1)N2Cc1ccc(-c2ccc(N3CCCC3)cc2)nn1.Cc1nc2nc(C)c(O)c(C)n2n1. The molecule has 10 heteroatoms. The van der Waals surface area contributed by atoms with Crippen LogP contribution in [0.4, 0.5) is 5.69 Å². The number of likely N-dealkylation sites (N-methyl/N-ethyl adjacent to an activating group) is 1. The van der Waals surface area contributed by atoms with Crippen molar-refractivity contribution < 1.29 is 5.11 Å². The van der Waals surface area contributed by atoms with E-state index in [0.717, 1.165) is 23.5 Å². The summed E-state index contributed by atoms with van der Waals surface area (Å²) in [5.41, 5.74) is 5.78. The van der Waals surface area contributed by atoms with Crippen LogP contribution in [0, 0.1) is 20.8 Å². The van der Waals surface area contributed by atoms with E-state index >= 15 is 0 Å². The molecule has 10 nitrogen and oxygen atoms in total. The van der Waals surface area contributed by atoms with E-state index in [1.807, 2.05) is 0 Å². The molecule has 1 aromatic carbocycles. The fraction of sp³-hybridized carbons (Fsp3) is 0.500. The smallest absolute Gasteiger partial charge is 0.253 e. The largest absolute Gasteiger partial charge is 0.504 e. The number of aromatic hydroxyl groups is 1. The van der Waals surface area contributed by atoms with E-state index < -0.39 is 0 Å². The molecule has 3 saturated heterocycles. The van der Waals surface area contributed by atoms with Crippen molar-refractivity contribution in [3.8, 4) is 17.0 Å². The van der Waals surface area contributed by atoms with Crippen LogP contribution in [0.25, 0.3) is 17.0 Å². The predicted molar refractivity (Wildman–Crippen MR) is 155 cm³/mol. The van der Waals surface area contributed by atoms with Gasteiger partial charge in [-0.1, -0.05) is 12.1 Å². The zero-order valence-electron chi connectivity index (χ0n) is 24.0. The molecule has 210 valence electrons. The highest BCUT2D eigenvalue weighted by molar-refractivity contribution is 5.63. The second-order valence-corrected chi connectivity index (χ2v) is 11.4. The minimum absolute atomic E-state index is 0.178. The van der Waals surface area contributed by atoms with Crippen LogP contribution in [0.15, 0.2) is 36.4 Å². The van der Waals surface area contributed by atoms with Gasteiger partial charge >= 0.3 is 0 Å². The second kappa shape index (κ2) is 11.1. The van der Waals surface area contributed by atoms with Crippen molar-refractivity contribution in [3.63, 3.8) is 0 Å². The third kappa shape index (κ3) is 5.38. The lowest BCUT2D eigenvalue weighted by Crippen LogP contribution is -2.51. The summed E-state index contributed by atoms with van der Waals surface area (Å²) < 4.78 is 1.54. The van der Waals surface area contributed by atoms with Gasteiger partial charge in [-0.15, -0.1) is 5.10 Å². The first kappa shape index (κ1) is 26.6. The van der Waals surface area contributed by atoms with Crippen molar-refractivity contribution >= 4 is 11.5 Å². The van der Waals surface area contributed by atoms with Gasteiger partial charge in [0.25, 0.3) is 5.78 Å². The maximum Gasteiger partial charge on any atom is 0.253 e. The number of rotatable bonds is 4. The minimum Gasteiger partial charge on any atom is -0.504 e. The molecule has 2 unspecified atom stereocenters. The second-order valence-electron chi connectivity index (χ2n) is 11.4. The Kier molecular flexibility index (Phi) is 7.37. The van der Waals surface area contributed by atoms with Crippen LogP contribution in [-0.4, -0.2) is 90.0 Å². The topological polar surface area (TPSA) is 98.8 Å². The number of hydrogen-bond donors (Lipinski definition) is 1. The average Bonchev–Trinajstić information content (AvgIpc) is 3.67. The van der Waals surface area contributed by atoms with E-state index in [1.54, 1.807) is 20.8 Å². The van der Waals surface area contributed by atoms with Gasteiger partial charge in [0, 0.05) is 56.1 Å². The molecule has 40 heavy (non-hydrogen) atoms. The third-order valence-electron chi connectivity index (χ3n) is 8.48. The monoisotopic (exact) mass is 541 g/mol. The Morgan fingerprint density at radius 2 is 1.57 bits per heavy atom. The number of fused-ring (bicyclic) bond motifs is 3. The Morgan fingerprint density at radius 1 is 0.875 bits per heavy atom. The summed E-state index contributed by atoms with van der Waals surface area (Å²) in [7, 11) is 2.24. The maximum atomic E-state index is 9.56. The van der Waals surface area contributed by atoms with Crippen LogP contribution in [0.3, 0.4) is 0 Å². The Hall–Kier alpha value is -3.63. The Balaban J connectivity index is 0.000000187. The molecule has 0 radical (unpaired) electrons. The summed E-state index contributed by atoms with van der Waals surface area (Å²) in [6.45, 7) is 11.0. The molecule has 0 saturated carbocycles. The average molecular weight is 542 g/mol. The molecule has 0 aliphatic carbocycles. The van der Waals surface area contributed by atoms with E-state index in [2.05, 4.69) is 83.4 Å². The molecule has 1 N–H and O–H groups in total. The van der Waals surface area contributed by atoms with Gasteiger partial charge in [-0.25, -0.2) is 4.98 Å². The van der Waals surface area contributed by atoms with Crippen LogP contribution in [0.5, 0.6) is 5.75 Å². The maximum absolute atomic E-state index is 9.56. The highest BCUT2D eigenvalue weighted by Gasteiger charge is 2.38. The summed E-state index contributed by atoms with van der Waals surface area (Å²) in [5, 5.41) is 22.7. The molecule has 7 rings (SSSR count). The molecular weight excluding hydrogens is 502 g/mol. The molecule has 2 bridgehead atoms. The number of hydrogen-bond acceptors (Lipinski definition) is 9. The highest BCUT2D eigenvalue weighted by atomic mass is 16.3. The number of benzene rings is 1. The number of aromatic nitrogens is 6. The minimum atomic E-state index is 0.178. The normalized spacial score (nSPS) is 21.1. The fourth-order valence-electron chi connectivity index (χ4n) is 6.33. The van der Waals surface area contributed by atoms with E-state index in [1.165, 1.54) is 62.1 Å². The van der Waals surface area contributed by atoms with Gasteiger partial charge in [0.05, 0.1) is 22.8 Å². The Labute approximate surface area is 235 Å². The Bertz CT molecular complexity index is 1450. The number of anilines is 1. The van der Waals surface area contributed by atoms with Crippen molar-refractivity contribution in [1.29, 1.82) is 0 Å². The molecule has 3 aliphatic rings. The van der Waals surface area contributed by atoms with Crippen molar-refractivity contribution in [1.82, 2.24) is 39.6 Å². The quantitative estimate of drug-likeness (QED) is 0.414. The summed E-state index contributed by atoms with van der Waals surface area (Å²) in [4.78, 5) is 15.8. The van der Waals surface area contributed by atoms with E-state index in [-0.39, 0.29) is 5.75 Å². The van der Waals surface area contributed by atoms with E-state index in [9.17, 15) is 5.11 Å². The van der Waals surface area contributed by atoms with Gasteiger partial charge in [-0.05, 0) is 77.8 Å². The van der Waals surface area contributed by atoms with Crippen molar-refractivity contribution in [2.45, 2.75) is 65.1 Å². The zero-order chi connectivity index (χ0) is 27.8. The third-order valence-corrected chi connectivity index (χ3v) is 8.48. The summed E-state index contributed by atoms with van der Waals surface area (Å²) in [5.74, 6) is 1.36. The Morgan fingerprint density at radius 3 is 2.23 bits per heavy atom. The van der Waals surface area contributed by atoms with Crippen molar-refractivity contribution in [3.05, 3.63) is 59.3 Å². The molecule has 6 heterocycles. The molecule has 3 fully saturated rings. The molecular formula is C30H39N9O. The molecule has 2 atom stereocenters. The molecule has 3 aromatic heterocycles. The predicted octanol–water partition coefficient (Wildman–Crippen LogP) is 3.78. The molecule has 3 aliphatic heterocycles. The fourth-order valence-corrected chi connectivity index (χ4v) is 6.33. The van der Waals surface area contributed by atoms with E-state index in [0.29, 0.717) is 35.1 Å². The number of aryl methyl sites for hydroxylation is 3. The van der Waals surface area contributed by atoms with Crippen LogP contribution >= 0.6 is 0 Å². The first-order valence-corrected chi connectivity index (χ1v) is 14.4. The molecule has 4 aromatic rings. The van der Waals surface area contributed by atoms with Crippen molar-refractivity contribution in [2.24, 2.45) is 0 Å². The molecule has 0 amide bonds. The lowest BCUT2D eigenvalue weighted by atomic mass is 10.1. The van der Waals surface area contributed by atoms with Crippen LogP contribution in [0.1, 0.15) is 48.6 Å². The summed E-state index contributed by atoms with van der Waals surface area (Å²) >= 11 is 0. The lowest BCUT2D eigenvalue weighted by molar-refractivity contribution is 0.0747. The van der Waals surface area contributed by atoms with Crippen LogP contribution in [0.2, 0.25) is 0 Å². The van der Waals surface area contributed by atoms with E-state index in [4.69, 9.17) is 0 Å². The first-order chi connectivity index (χ1) is 19.4. The van der Waals surface area contributed by atoms with Gasteiger partial charge in [-0.2, -0.15) is 19.7 Å². The zero-order valence-corrected chi connectivity index (χ0v) is 24.0. The van der Waals surface area contributed by atoms with Crippen LogP contribution < -0.4 is 4.90 Å². The van der Waals surface area contributed by atoms with Gasteiger partial charge in [0.1, 0.15) is 5.82 Å².